The van der Waals surface area contributed by atoms with Gasteiger partial charge >= 0.3 is 0 Å². The van der Waals surface area contributed by atoms with Crippen LogP contribution in [0.15, 0.2) is 0 Å². The highest BCUT2D eigenvalue weighted by atomic mass is 14.7. The zero-order valence-electron chi connectivity index (χ0n) is 7.31. The van der Waals surface area contributed by atoms with E-state index in [0.29, 0.717) is 6.42 Å². The Morgan fingerprint density at radius 2 is 2.09 bits per heavy atom. The van der Waals surface area contributed by atoms with Crippen molar-refractivity contribution in [3.05, 3.63) is 0 Å². The van der Waals surface area contributed by atoms with Crippen LogP contribution in [0.4, 0.5) is 0 Å². The van der Waals surface area contributed by atoms with Crippen LogP contribution in [0.3, 0.4) is 0 Å². The second kappa shape index (κ2) is 4.01. The fraction of sp³-hybridized carbons (Fsp3) is 0.667. The second-order valence-electron chi connectivity index (χ2n) is 3.26. The molecule has 60 valence electrons. The highest BCUT2D eigenvalue weighted by molar-refractivity contribution is 5.13. The number of rotatable bonds is 1. The zero-order valence-corrected chi connectivity index (χ0v) is 7.31. The van der Waals surface area contributed by atoms with Gasteiger partial charge in [0.15, 0.2) is 0 Å². The van der Waals surface area contributed by atoms with Crippen LogP contribution < -0.4 is 5.73 Å². The van der Waals surface area contributed by atoms with Gasteiger partial charge in [-0.3, -0.25) is 0 Å². The molecule has 11 heavy (non-hydrogen) atoms. The largest absolute Gasteiger partial charge is 0.316 e. The number of nitrogens with two attached hydrogens (primary N) is 1. The summed E-state index contributed by atoms with van der Waals surface area (Å²) in [4.78, 5) is 0. The highest BCUT2D eigenvalue weighted by Gasteiger charge is 2.03. The average Bonchev–Trinajstić information content (AvgIpc) is 1.85. The monoisotopic (exact) mass is 150 g/mol. The lowest BCUT2D eigenvalue weighted by molar-refractivity contribution is 0.677. The predicted octanol–water partition coefficient (Wildman–Crippen LogP) is 1.28. The first-order valence-corrected chi connectivity index (χ1v) is 3.64. The highest BCUT2D eigenvalue weighted by Crippen LogP contribution is 1.98. The summed E-state index contributed by atoms with van der Waals surface area (Å²) >= 11 is 0. The molecular weight excluding hydrogens is 136 g/mol. The van der Waals surface area contributed by atoms with Crippen molar-refractivity contribution in [2.24, 2.45) is 11.7 Å². The molecule has 1 atom stereocenters. The van der Waals surface area contributed by atoms with Crippen LogP contribution >= 0.6 is 0 Å². The van der Waals surface area contributed by atoms with Crippen molar-refractivity contribution in [3.8, 4) is 17.9 Å². The molecule has 0 rings (SSSR count). The first-order valence-electron chi connectivity index (χ1n) is 3.64. The lowest BCUT2D eigenvalue weighted by atomic mass is 10.1. The molecule has 0 amide bonds. The van der Waals surface area contributed by atoms with Gasteiger partial charge in [0.1, 0.15) is 0 Å². The standard InChI is InChI=1S/C9H14N2/c1-8(7-10)5-4-6-9(2,3)11/h8H,5,11H2,1-3H3. The molecule has 2 nitrogen and oxygen atoms in total. The average molecular weight is 150 g/mol. The molecule has 0 fully saturated rings. The molecule has 0 aliphatic heterocycles. The minimum absolute atomic E-state index is 0.00449. The van der Waals surface area contributed by atoms with Crippen molar-refractivity contribution < 1.29 is 0 Å². The van der Waals surface area contributed by atoms with Gasteiger partial charge in [0, 0.05) is 6.42 Å². The SMILES string of the molecule is CC(C#N)CC#CC(C)(C)N. The van der Waals surface area contributed by atoms with Gasteiger partial charge in [-0.25, -0.2) is 0 Å². The van der Waals surface area contributed by atoms with Crippen molar-refractivity contribution in [1.82, 2.24) is 0 Å². The van der Waals surface area contributed by atoms with Crippen LogP contribution in [0.2, 0.25) is 0 Å². The molecule has 0 heterocycles. The van der Waals surface area contributed by atoms with Crippen molar-refractivity contribution >= 4 is 0 Å². The van der Waals surface area contributed by atoms with Gasteiger partial charge in [-0.2, -0.15) is 5.26 Å². The minimum atomic E-state index is -0.435. The molecule has 1 unspecified atom stereocenters. The van der Waals surface area contributed by atoms with Gasteiger partial charge in [0.2, 0.25) is 0 Å². The molecule has 0 radical (unpaired) electrons. The first kappa shape index (κ1) is 10.0. The fourth-order valence-corrected chi connectivity index (χ4v) is 0.478. The predicted molar refractivity (Wildman–Crippen MR) is 45.4 cm³/mol. The normalized spacial score (nSPS) is 12.6. The summed E-state index contributed by atoms with van der Waals surface area (Å²) in [5, 5.41) is 8.42. The second-order valence-corrected chi connectivity index (χ2v) is 3.26. The molecule has 2 N–H and O–H groups in total. The summed E-state index contributed by atoms with van der Waals surface area (Å²) in [6, 6.07) is 2.11. The molecule has 0 aliphatic carbocycles. The van der Waals surface area contributed by atoms with E-state index >= 15 is 0 Å². The van der Waals surface area contributed by atoms with Gasteiger partial charge < -0.3 is 5.73 Å². The van der Waals surface area contributed by atoms with Crippen molar-refractivity contribution in [2.45, 2.75) is 32.7 Å². The Labute approximate surface area is 68.4 Å². The van der Waals surface area contributed by atoms with Crippen molar-refractivity contribution in [1.29, 1.82) is 5.26 Å². The van der Waals surface area contributed by atoms with Gasteiger partial charge in [-0.05, 0) is 20.8 Å². The molecule has 2 heteroatoms. The maximum atomic E-state index is 8.42. The van der Waals surface area contributed by atoms with Crippen LogP contribution in [0.25, 0.3) is 0 Å². The van der Waals surface area contributed by atoms with E-state index in [2.05, 4.69) is 17.9 Å². The van der Waals surface area contributed by atoms with E-state index in [1.165, 1.54) is 0 Å². The summed E-state index contributed by atoms with van der Waals surface area (Å²) in [5.74, 6) is 5.75. The third-order valence-electron chi connectivity index (χ3n) is 1.04. The fourth-order valence-electron chi connectivity index (χ4n) is 0.478. The number of hydrogen-bond acceptors (Lipinski definition) is 2. The molecule has 0 aromatic rings. The van der Waals surface area contributed by atoms with E-state index in [1.807, 2.05) is 20.8 Å². The van der Waals surface area contributed by atoms with Crippen LogP contribution in [0, 0.1) is 29.1 Å². The molecule has 0 aromatic carbocycles. The summed E-state index contributed by atoms with van der Waals surface area (Å²) in [6.45, 7) is 5.53. The van der Waals surface area contributed by atoms with Crippen molar-refractivity contribution in [2.75, 3.05) is 0 Å². The van der Waals surface area contributed by atoms with Gasteiger partial charge in [0.25, 0.3) is 0 Å². The molecular formula is C9H14N2. The molecule has 0 saturated heterocycles. The molecule has 0 spiro atoms. The van der Waals surface area contributed by atoms with Gasteiger partial charge in [-0.15, -0.1) is 5.92 Å². The summed E-state index contributed by atoms with van der Waals surface area (Å²) in [6.07, 6.45) is 0.608. The van der Waals surface area contributed by atoms with Crippen LogP contribution in [-0.4, -0.2) is 5.54 Å². The summed E-state index contributed by atoms with van der Waals surface area (Å²) in [5.41, 5.74) is 5.17. The van der Waals surface area contributed by atoms with E-state index in [-0.39, 0.29) is 5.92 Å². The quantitative estimate of drug-likeness (QED) is 0.572. The number of nitriles is 1. The lowest BCUT2D eigenvalue weighted by Gasteiger charge is -2.07. The van der Waals surface area contributed by atoms with Gasteiger partial charge in [0.05, 0.1) is 17.5 Å². The lowest BCUT2D eigenvalue weighted by Crippen LogP contribution is -2.29. The topological polar surface area (TPSA) is 49.8 Å². The minimum Gasteiger partial charge on any atom is -0.316 e. The number of hydrogen-bond donors (Lipinski definition) is 1. The van der Waals surface area contributed by atoms with E-state index in [0.717, 1.165) is 0 Å². The van der Waals surface area contributed by atoms with Crippen LogP contribution in [0.1, 0.15) is 27.2 Å². The van der Waals surface area contributed by atoms with E-state index in [1.54, 1.807) is 0 Å². The van der Waals surface area contributed by atoms with E-state index in [4.69, 9.17) is 11.0 Å². The molecule has 0 bridgehead atoms. The van der Waals surface area contributed by atoms with Crippen LogP contribution in [-0.2, 0) is 0 Å². The molecule has 0 aliphatic rings. The summed E-state index contributed by atoms with van der Waals surface area (Å²) < 4.78 is 0. The third kappa shape index (κ3) is 6.90. The van der Waals surface area contributed by atoms with Gasteiger partial charge in [-0.1, -0.05) is 5.92 Å². The van der Waals surface area contributed by atoms with Crippen LogP contribution in [0.5, 0.6) is 0 Å². The maximum Gasteiger partial charge on any atom is 0.0719 e. The first-order chi connectivity index (χ1) is 4.95. The Hall–Kier alpha value is -0.990. The Bertz CT molecular complexity index is 206. The number of nitrogens with zero attached hydrogens (tertiary/aromatic N) is 1. The van der Waals surface area contributed by atoms with E-state index in [9.17, 15) is 0 Å². The smallest absolute Gasteiger partial charge is 0.0719 e. The Morgan fingerprint density at radius 3 is 2.45 bits per heavy atom. The summed E-state index contributed by atoms with van der Waals surface area (Å²) in [7, 11) is 0. The maximum absolute atomic E-state index is 8.42. The zero-order chi connectivity index (χ0) is 8.91. The Kier molecular flexibility index (Phi) is 3.65. The molecule has 0 aromatic heterocycles. The van der Waals surface area contributed by atoms with E-state index < -0.39 is 5.54 Å². The third-order valence-corrected chi connectivity index (χ3v) is 1.04. The molecule has 0 saturated carbocycles. The Balaban J connectivity index is 3.85. The Morgan fingerprint density at radius 1 is 1.55 bits per heavy atom. The van der Waals surface area contributed by atoms with Crippen molar-refractivity contribution in [3.63, 3.8) is 0 Å².